The number of carbonyl (C=O) groups excluding carboxylic acids is 1. The normalized spacial score (nSPS) is 19.5. The van der Waals surface area contributed by atoms with E-state index in [1.165, 1.54) is 32.1 Å². The third kappa shape index (κ3) is 8.02. The van der Waals surface area contributed by atoms with Crippen LogP contribution in [0.2, 0.25) is 0 Å². The number of nitrogens with two attached hydrogens (primary N) is 1. The average molecular weight is 312 g/mol. The summed E-state index contributed by atoms with van der Waals surface area (Å²) in [5, 5.41) is 3.04. The third-order valence-electron chi connectivity index (χ3n) is 4.42. The van der Waals surface area contributed by atoms with E-state index in [0.717, 1.165) is 25.7 Å². The van der Waals surface area contributed by atoms with Gasteiger partial charge in [-0.15, -0.1) is 0 Å². The number of unbranched alkanes of at least 4 members (excludes halogenated alkanes) is 1. The summed E-state index contributed by atoms with van der Waals surface area (Å²) in [6, 6.07) is 0.0545. The largest absolute Gasteiger partial charge is 0.444 e. The van der Waals surface area contributed by atoms with Crippen LogP contribution in [-0.4, -0.2) is 23.8 Å². The molecule has 1 rings (SSSR count). The van der Waals surface area contributed by atoms with Gasteiger partial charge in [-0.3, -0.25) is 0 Å². The Hall–Kier alpha value is -0.770. The van der Waals surface area contributed by atoms with Crippen LogP contribution in [0.5, 0.6) is 0 Å². The van der Waals surface area contributed by atoms with Gasteiger partial charge < -0.3 is 15.8 Å². The lowest BCUT2D eigenvalue weighted by Crippen LogP contribution is -2.50. The van der Waals surface area contributed by atoms with Crippen LogP contribution in [0.15, 0.2) is 0 Å². The van der Waals surface area contributed by atoms with Crippen LogP contribution >= 0.6 is 0 Å². The highest BCUT2D eigenvalue weighted by atomic mass is 16.6. The summed E-state index contributed by atoms with van der Waals surface area (Å²) in [6.07, 6.45) is 10.4. The van der Waals surface area contributed by atoms with E-state index < -0.39 is 5.60 Å². The van der Waals surface area contributed by atoms with Crippen molar-refractivity contribution in [1.82, 2.24) is 5.32 Å². The van der Waals surface area contributed by atoms with Gasteiger partial charge in [-0.2, -0.15) is 0 Å². The van der Waals surface area contributed by atoms with Gasteiger partial charge in [-0.05, 0) is 39.5 Å². The Morgan fingerprint density at radius 2 is 1.91 bits per heavy atom. The summed E-state index contributed by atoms with van der Waals surface area (Å²) >= 11 is 0. The van der Waals surface area contributed by atoms with Gasteiger partial charge in [0.05, 0.1) is 0 Å². The fourth-order valence-corrected chi connectivity index (χ4v) is 3.22. The van der Waals surface area contributed by atoms with Crippen molar-refractivity contribution >= 4 is 6.09 Å². The summed E-state index contributed by atoms with van der Waals surface area (Å²) in [5.74, 6) is 0.696. The number of hydrogen-bond donors (Lipinski definition) is 2. The maximum absolute atomic E-state index is 12.1. The van der Waals surface area contributed by atoms with E-state index in [-0.39, 0.29) is 18.2 Å². The number of rotatable bonds is 7. The molecule has 1 aliphatic rings. The Balaban J connectivity index is 2.57. The van der Waals surface area contributed by atoms with Crippen molar-refractivity contribution < 1.29 is 9.53 Å². The first-order valence-corrected chi connectivity index (χ1v) is 9.07. The predicted octanol–water partition coefficient (Wildman–Crippen LogP) is 4.37. The molecule has 0 aromatic rings. The van der Waals surface area contributed by atoms with E-state index in [1.54, 1.807) is 0 Å². The summed E-state index contributed by atoms with van der Waals surface area (Å²) in [7, 11) is 0. The van der Waals surface area contributed by atoms with E-state index in [2.05, 4.69) is 12.2 Å². The minimum atomic E-state index is -0.465. The third-order valence-corrected chi connectivity index (χ3v) is 4.42. The standard InChI is InChI=1S/C18H36N2O2/c1-5-6-12-15(19)16(13-14-10-8-7-9-11-14)20-17(21)22-18(2,3)4/h14-16H,5-13,19H2,1-4H3,(H,20,21). The second-order valence-corrected chi connectivity index (χ2v) is 7.80. The van der Waals surface area contributed by atoms with Gasteiger partial charge in [-0.1, -0.05) is 51.9 Å². The lowest BCUT2D eigenvalue weighted by atomic mass is 9.83. The first kappa shape index (κ1) is 19.3. The highest BCUT2D eigenvalue weighted by Crippen LogP contribution is 2.28. The Bertz CT molecular complexity index is 320. The maximum atomic E-state index is 12.1. The molecule has 0 saturated heterocycles. The summed E-state index contributed by atoms with van der Waals surface area (Å²) < 4.78 is 5.41. The topological polar surface area (TPSA) is 64.3 Å². The van der Waals surface area contributed by atoms with E-state index in [4.69, 9.17) is 10.5 Å². The number of carbonyl (C=O) groups is 1. The Morgan fingerprint density at radius 1 is 1.27 bits per heavy atom. The molecule has 1 aliphatic carbocycles. The molecule has 0 heterocycles. The molecule has 0 spiro atoms. The van der Waals surface area contributed by atoms with Crippen LogP contribution in [0.1, 0.15) is 85.5 Å². The molecule has 1 fully saturated rings. The van der Waals surface area contributed by atoms with Crippen molar-refractivity contribution in [1.29, 1.82) is 0 Å². The van der Waals surface area contributed by atoms with Crippen LogP contribution < -0.4 is 11.1 Å². The number of nitrogens with one attached hydrogen (secondary N) is 1. The van der Waals surface area contributed by atoms with Gasteiger partial charge in [0, 0.05) is 12.1 Å². The maximum Gasteiger partial charge on any atom is 0.407 e. The second kappa shape index (κ2) is 9.39. The SMILES string of the molecule is CCCCC(N)C(CC1CCCCC1)NC(=O)OC(C)(C)C. The molecule has 1 saturated carbocycles. The molecule has 1 amide bonds. The number of amides is 1. The van der Waals surface area contributed by atoms with Crippen molar-refractivity contribution in [2.45, 2.75) is 103 Å². The fourth-order valence-electron chi connectivity index (χ4n) is 3.22. The fraction of sp³-hybridized carbons (Fsp3) is 0.944. The van der Waals surface area contributed by atoms with Crippen LogP contribution in [0.4, 0.5) is 4.79 Å². The van der Waals surface area contributed by atoms with E-state index in [0.29, 0.717) is 5.92 Å². The molecule has 2 unspecified atom stereocenters. The summed E-state index contributed by atoms with van der Waals surface area (Å²) in [4.78, 5) is 12.1. The van der Waals surface area contributed by atoms with E-state index >= 15 is 0 Å². The van der Waals surface area contributed by atoms with Gasteiger partial charge in [0.1, 0.15) is 5.60 Å². The molecule has 0 bridgehead atoms. The van der Waals surface area contributed by atoms with E-state index in [9.17, 15) is 4.79 Å². The summed E-state index contributed by atoms with van der Waals surface area (Å²) in [6.45, 7) is 7.84. The highest BCUT2D eigenvalue weighted by molar-refractivity contribution is 5.68. The molecule has 0 aromatic carbocycles. The molecule has 3 N–H and O–H groups in total. The van der Waals surface area contributed by atoms with Crippen LogP contribution in [0, 0.1) is 5.92 Å². The van der Waals surface area contributed by atoms with Gasteiger partial charge in [-0.25, -0.2) is 4.79 Å². The lowest BCUT2D eigenvalue weighted by Gasteiger charge is -2.31. The molecule has 130 valence electrons. The molecule has 22 heavy (non-hydrogen) atoms. The summed E-state index contributed by atoms with van der Waals surface area (Å²) in [5.41, 5.74) is 5.90. The molecule has 0 radical (unpaired) electrons. The van der Waals surface area contributed by atoms with Crippen LogP contribution in [-0.2, 0) is 4.74 Å². The molecule has 2 atom stereocenters. The molecule has 0 aliphatic heterocycles. The second-order valence-electron chi connectivity index (χ2n) is 7.80. The zero-order valence-corrected chi connectivity index (χ0v) is 15.0. The Kier molecular flexibility index (Phi) is 8.23. The lowest BCUT2D eigenvalue weighted by molar-refractivity contribution is 0.0484. The molecular formula is C18H36N2O2. The van der Waals surface area contributed by atoms with Crippen LogP contribution in [0.25, 0.3) is 0 Å². The van der Waals surface area contributed by atoms with Gasteiger partial charge in [0.2, 0.25) is 0 Å². The van der Waals surface area contributed by atoms with E-state index in [1.807, 2.05) is 20.8 Å². The minimum Gasteiger partial charge on any atom is -0.444 e. The van der Waals surface area contributed by atoms with Crippen LogP contribution in [0.3, 0.4) is 0 Å². The van der Waals surface area contributed by atoms with Crippen molar-refractivity contribution in [3.05, 3.63) is 0 Å². The number of alkyl carbamates (subject to hydrolysis) is 1. The monoisotopic (exact) mass is 312 g/mol. The molecular weight excluding hydrogens is 276 g/mol. The Labute approximate surface area is 136 Å². The first-order chi connectivity index (χ1) is 10.3. The van der Waals surface area contributed by atoms with Gasteiger partial charge in [0.15, 0.2) is 0 Å². The van der Waals surface area contributed by atoms with Crippen molar-refractivity contribution in [3.63, 3.8) is 0 Å². The average Bonchev–Trinajstić information content (AvgIpc) is 2.43. The Morgan fingerprint density at radius 3 is 2.45 bits per heavy atom. The van der Waals surface area contributed by atoms with Gasteiger partial charge >= 0.3 is 6.09 Å². The molecule has 4 nitrogen and oxygen atoms in total. The zero-order chi connectivity index (χ0) is 16.6. The molecule has 0 aromatic heterocycles. The zero-order valence-electron chi connectivity index (χ0n) is 15.0. The number of ether oxygens (including phenoxy) is 1. The van der Waals surface area contributed by atoms with Gasteiger partial charge in [0.25, 0.3) is 0 Å². The minimum absolute atomic E-state index is 0.0226. The first-order valence-electron chi connectivity index (χ1n) is 9.07. The smallest absolute Gasteiger partial charge is 0.407 e. The van der Waals surface area contributed by atoms with Crippen molar-refractivity contribution in [2.75, 3.05) is 0 Å². The van der Waals surface area contributed by atoms with Crippen molar-refractivity contribution in [3.8, 4) is 0 Å². The predicted molar refractivity (Wildman–Crippen MR) is 91.9 cm³/mol. The van der Waals surface area contributed by atoms with Crippen molar-refractivity contribution in [2.24, 2.45) is 11.7 Å². The quantitative estimate of drug-likeness (QED) is 0.733. The highest BCUT2D eigenvalue weighted by Gasteiger charge is 2.26. The number of hydrogen-bond acceptors (Lipinski definition) is 3. The molecule has 4 heteroatoms.